The van der Waals surface area contributed by atoms with Crippen LogP contribution in [-0.2, 0) is 9.59 Å². The third-order valence-corrected chi connectivity index (χ3v) is 2.15. The largest absolute Gasteiger partial charge is 0.359 e. The summed E-state index contributed by atoms with van der Waals surface area (Å²) in [5, 5.41) is 2.57. The molecule has 0 unspecified atom stereocenters. The molecule has 12 heavy (non-hydrogen) atoms. The summed E-state index contributed by atoms with van der Waals surface area (Å²) in [6, 6.07) is 0. The molecular weight excluding hydrogens is 156 g/mol. The van der Waals surface area contributed by atoms with E-state index in [0.29, 0.717) is 19.5 Å². The van der Waals surface area contributed by atoms with Gasteiger partial charge in [-0.25, -0.2) is 0 Å². The van der Waals surface area contributed by atoms with Crippen LogP contribution in [0.1, 0.15) is 13.3 Å². The molecule has 0 spiro atoms. The summed E-state index contributed by atoms with van der Waals surface area (Å²) >= 11 is 0. The van der Waals surface area contributed by atoms with Crippen LogP contribution >= 0.6 is 0 Å². The molecule has 0 atom stereocenters. The Morgan fingerprint density at radius 3 is 2.50 bits per heavy atom. The van der Waals surface area contributed by atoms with Gasteiger partial charge < -0.3 is 10.2 Å². The van der Waals surface area contributed by atoms with Gasteiger partial charge >= 0.3 is 0 Å². The standard InChI is InChI=1S/C8H14N2O2/c1-3-7(11)10-4-6(5-10)8(12)9-2/h6H,3-5H2,1-2H3,(H,9,12). The molecule has 4 heteroatoms. The molecule has 0 saturated carbocycles. The molecule has 1 heterocycles. The van der Waals surface area contributed by atoms with Crippen LogP contribution in [0.5, 0.6) is 0 Å². The summed E-state index contributed by atoms with van der Waals surface area (Å²) in [4.78, 5) is 23.8. The average Bonchev–Trinajstić information content (AvgIpc) is 2.01. The zero-order valence-electron chi connectivity index (χ0n) is 7.46. The Hall–Kier alpha value is -1.06. The van der Waals surface area contributed by atoms with Gasteiger partial charge in [-0.3, -0.25) is 9.59 Å². The summed E-state index contributed by atoms with van der Waals surface area (Å²) < 4.78 is 0. The van der Waals surface area contributed by atoms with Crippen molar-refractivity contribution < 1.29 is 9.59 Å². The predicted molar refractivity (Wildman–Crippen MR) is 44.4 cm³/mol. The van der Waals surface area contributed by atoms with E-state index in [2.05, 4.69) is 5.32 Å². The molecule has 1 rings (SSSR count). The van der Waals surface area contributed by atoms with Crippen molar-refractivity contribution in [1.82, 2.24) is 10.2 Å². The summed E-state index contributed by atoms with van der Waals surface area (Å²) in [5.74, 6) is 0.191. The number of amides is 2. The maximum absolute atomic E-state index is 11.0. The fourth-order valence-corrected chi connectivity index (χ4v) is 1.28. The van der Waals surface area contributed by atoms with Gasteiger partial charge in [0.15, 0.2) is 0 Å². The normalized spacial score (nSPS) is 17.0. The summed E-state index contributed by atoms with van der Waals surface area (Å²) in [7, 11) is 1.62. The van der Waals surface area contributed by atoms with E-state index in [9.17, 15) is 9.59 Å². The fourth-order valence-electron chi connectivity index (χ4n) is 1.28. The van der Waals surface area contributed by atoms with Crippen LogP contribution in [0, 0.1) is 5.92 Å². The van der Waals surface area contributed by atoms with Crippen LogP contribution in [0.4, 0.5) is 0 Å². The monoisotopic (exact) mass is 170 g/mol. The van der Waals surface area contributed by atoms with Crippen molar-refractivity contribution >= 4 is 11.8 Å². The highest BCUT2D eigenvalue weighted by molar-refractivity contribution is 5.84. The molecule has 0 aliphatic carbocycles. The molecule has 2 amide bonds. The Morgan fingerprint density at radius 1 is 1.50 bits per heavy atom. The van der Waals surface area contributed by atoms with E-state index < -0.39 is 0 Å². The molecular formula is C8H14N2O2. The zero-order chi connectivity index (χ0) is 9.14. The van der Waals surface area contributed by atoms with Gasteiger partial charge in [-0.05, 0) is 0 Å². The zero-order valence-corrected chi connectivity index (χ0v) is 7.46. The molecule has 68 valence electrons. The van der Waals surface area contributed by atoms with Crippen molar-refractivity contribution in [3.8, 4) is 0 Å². The number of rotatable bonds is 2. The number of nitrogens with zero attached hydrogens (tertiary/aromatic N) is 1. The number of hydrogen-bond acceptors (Lipinski definition) is 2. The van der Waals surface area contributed by atoms with Gasteiger partial charge in [0.25, 0.3) is 0 Å². The number of likely N-dealkylation sites (tertiary alicyclic amines) is 1. The molecule has 1 N–H and O–H groups in total. The van der Waals surface area contributed by atoms with Crippen LogP contribution in [0.2, 0.25) is 0 Å². The second kappa shape index (κ2) is 3.56. The first-order chi connectivity index (χ1) is 5.69. The van der Waals surface area contributed by atoms with Gasteiger partial charge in [-0.1, -0.05) is 6.92 Å². The highest BCUT2D eigenvalue weighted by atomic mass is 16.2. The Kier molecular flexibility index (Phi) is 2.68. The van der Waals surface area contributed by atoms with E-state index in [4.69, 9.17) is 0 Å². The summed E-state index contributed by atoms with van der Waals surface area (Å²) in [6.45, 7) is 3.01. The van der Waals surface area contributed by atoms with Crippen molar-refractivity contribution in [1.29, 1.82) is 0 Å². The van der Waals surface area contributed by atoms with E-state index >= 15 is 0 Å². The van der Waals surface area contributed by atoms with E-state index in [0.717, 1.165) is 0 Å². The van der Waals surface area contributed by atoms with Gasteiger partial charge in [0.2, 0.25) is 11.8 Å². The smallest absolute Gasteiger partial charge is 0.226 e. The molecule has 1 fully saturated rings. The Labute approximate surface area is 71.9 Å². The Bertz CT molecular complexity index is 177. The van der Waals surface area contributed by atoms with Crippen LogP contribution in [0.15, 0.2) is 0 Å². The van der Waals surface area contributed by atoms with Crippen molar-refractivity contribution in [2.75, 3.05) is 20.1 Å². The lowest BCUT2D eigenvalue weighted by atomic mass is 9.99. The van der Waals surface area contributed by atoms with Crippen LogP contribution in [0.25, 0.3) is 0 Å². The maximum Gasteiger partial charge on any atom is 0.226 e. The molecule has 0 aromatic carbocycles. The third-order valence-electron chi connectivity index (χ3n) is 2.15. The lowest BCUT2D eigenvalue weighted by Gasteiger charge is -2.37. The molecule has 4 nitrogen and oxygen atoms in total. The van der Waals surface area contributed by atoms with E-state index in [-0.39, 0.29) is 17.7 Å². The molecule has 1 saturated heterocycles. The fraction of sp³-hybridized carbons (Fsp3) is 0.750. The third kappa shape index (κ3) is 1.57. The molecule has 1 aliphatic rings. The van der Waals surface area contributed by atoms with Gasteiger partial charge in [-0.2, -0.15) is 0 Å². The van der Waals surface area contributed by atoms with E-state index in [1.807, 2.05) is 6.92 Å². The quantitative estimate of drug-likeness (QED) is 0.613. The molecule has 0 bridgehead atoms. The van der Waals surface area contributed by atoms with Crippen LogP contribution < -0.4 is 5.32 Å². The highest BCUT2D eigenvalue weighted by Gasteiger charge is 2.33. The maximum atomic E-state index is 11.0. The number of nitrogens with one attached hydrogen (secondary N) is 1. The second-order valence-electron chi connectivity index (χ2n) is 2.96. The first-order valence-electron chi connectivity index (χ1n) is 4.18. The first-order valence-corrected chi connectivity index (χ1v) is 4.18. The van der Waals surface area contributed by atoms with Crippen molar-refractivity contribution in [3.05, 3.63) is 0 Å². The second-order valence-corrected chi connectivity index (χ2v) is 2.96. The minimum absolute atomic E-state index is 0.0190. The van der Waals surface area contributed by atoms with E-state index in [1.165, 1.54) is 0 Å². The average molecular weight is 170 g/mol. The van der Waals surface area contributed by atoms with Crippen LogP contribution in [0.3, 0.4) is 0 Å². The van der Waals surface area contributed by atoms with Gasteiger partial charge in [0.05, 0.1) is 5.92 Å². The molecule has 1 aliphatic heterocycles. The minimum atomic E-state index is 0.0190. The highest BCUT2D eigenvalue weighted by Crippen LogP contribution is 2.15. The molecule has 0 radical (unpaired) electrons. The molecule has 0 aromatic heterocycles. The minimum Gasteiger partial charge on any atom is -0.359 e. The SMILES string of the molecule is CCC(=O)N1CC(C(=O)NC)C1. The van der Waals surface area contributed by atoms with Gasteiger partial charge in [-0.15, -0.1) is 0 Å². The van der Waals surface area contributed by atoms with Crippen LogP contribution in [-0.4, -0.2) is 36.9 Å². The lowest BCUT2D eigenvalue weighted by Crippen LogP contribution is -2.55. The predicted octanol–water partition coefficient (Wildman–Crippen LogP) is -0.399. The van der Waals surface area contributed by atoms with Crippen molar-refractivity contribution in [2.45, 2.75) is 13.3 Å². The summed E-state index contributed by atoms with van der Waals surface area (Å²) in [6.07, 6.45) is 0.528. The van der Waals surface area contributed by atoms with Gasteiger partial charge in [0, 0.05) is 26.6 Å². The molecule has 0 aromatic rings. The number of carbonyl (C=O) groups is 2. The van der Waals surface area contributed by atoms with Crippen molar-refractivity contribution in [3.63, 3.8) is 0 Å². The number of carbonyl (C=O) groups excluding carboxylic acids is 2. The summed E-state index contributed by atoms with van der Waals surface area (Å²) in [5.41, 5.74) is 0. The Morgan fingerprint density at radius 2 is 2.08 bits per heavy atom. The Balaban J connectivity index is 2.28. The van der Waals surface area contributed by atoms with Crippen molar-refractivity contribution in [2.24, 2.45) is 5.92 Å². The lowest BCUT2D eigenvalue weighted by molar-refractivity contribution is -0.142. The van der Waals surface area contributed by atoms with E-state index in [1.54, 1.807) is 11.9 Å². The topological polar surface area (TPSA) is 49.4 Å². The van der Waals surface area contributed by atoms with Gasteiger partial charge in [0.1, 0.15) is 0 Å². The number of hydrogen-bond donors (Lipinski definition) is 1. The first kappa shape index (κ1) is 9.03.